The number of likely N-dealkylation sites (tertiary alicyclic amines) is 1. The van der Waals surface area contributed by atoms with Gasteiger partial charge in [-0.1, -0.05) is 29.8 Å². The molecule has 5 nitrogen and oxygen atoms in total. The first-order valence-electron chi connectivity index (χ1n) is 12.7. The van der Waals surface area contributed by atoms with Crippen LogP contribution in [0.5, 0.6) is 0 Å². The van der Waals surface area contributed by atoms with Crippen LogP contribution in [0.1, 0.15) is 68.3 Å². The van der Waals surface area contributed by atoms with Gasteiger partial charge in [-0.3, -0.25) is 14.5 Å². The zero-order chi connectivity index (χ0) is 25.7. The summed E-state index contributed by atoms with van der Waals surface area (Å²) in [5, 5.41) is 0. The van der Waals surface area contributed by atoms with Crippen LogP contribution in [0, 0.1) is 6.92 Å². The van der Waals surface area contributed by atoms with Crippen LogP contribution in [0.15, 0.2) is 66.2 Å². The minimum atomic E-state index is -0.424. The molecule has 0 aliphatic carbocycles. The van der Waals surface area contributed by atoms with Crippen LogP contribution >= 0.6 is 11.3 Å². The Balaban J connectivity index is 1.62. The van der Waals surface area contributed by atoms with Gasteiger partial charge in [0.25, 0.3) is 5.91 Å². The smallest absolute Gasteiger partial charge is 0.253 e. The number of piperidine rings is 1. The Labute approximate surface area is 218 Å². The van der Waals surface area contributed by atoms with Gasteiger partial charge in [-0.05, 0) is 86.7 Å². The summed E-state index contributed by atoms with van der Waals surface area (Å²) in [6, 6.07) is 20.0. The normalized spacial score (nSPS) is 14.0. The van der Waals surface area contributed by atoms with Crippen LogP contribution in [0.4, 0.5) is 0 Å². The Morgan fingerprint density at radius 2 is 1.36 bits per heavy atom. The van der Waals surface area contributed by atoms with E-state index in [9.17, 15) is 9.59 Å². The van der Waals surface area contributed by atoms with Gasteiger partial charge in [0.2, 0.25) is 5.91 Å². The molecule has 2 N–H and O–H groups in total. The summed E-state index contributed by atoms with van der Waals surface area (Å²) in [4.78, 5) is 31.6. The number of primary amides is 1. The second-order valence-electron chi connectivity index (χ2n) is 9.26. The lowest BCUT2D eigenvalue weighted by Crippen LogP contribution is -2.30. The summed E-state index contributed by atoms with van der Waals surface area (Å²) in [6.45, 7) is 10.6. The SMILES string of the molecule is CCN(CC)C(=O)c1ccc(C(=C2CCN(Cc3ccc(C)s3)CC2)c2ccc(C(N)=O)cc2)cc1. The number of rotatable bonds is 8. The lowest BCUT2D eigenvalue weighted by molar-refractivity contribution is 0.0772. The highest BCUT2D eigenvalue weighted by atomic mass is 32.1. The summed E-state index contributed by atoms with van der Waals surface area (Å²) in [5.74, 6) is -0.365. The Morgan fingerprint density at radius 3 is 1.83 bits per heavy atom. The first-order valence-corrected chi connectivity index (χ1v) is 13.5. The third-order valence-electron chi connectivity index (χ3n) is 6.92. The Hall–Kier alpha value is -3.22. The van der Waals surface area contributed by atoms with Crippen LogP contribution in [-0.4, -0.2) is 47.8 Å². The van der Waals surface area contributed by atoms with Crippen molar-refractivity contribution >= 4 is 28.7 Å². The molecule has 0 spiro atoms. The summed E-state index contributed by atoms with van der Waals surface area (Å²) >= 11 is 1.87. The first kappa shape index (κ1) is 25.9. The third-order valence-corrected chi connectivity index (χ3v) is 7.90. The molecule has 0 atom stereocenters. The van der Waals surface area contributed by atoms with Gasteiger partial charge in [0.05, 0.1) is 0 Å². The Morgan fingerprint density at radius 1 is 0.833 bits per heavy atom. The molecule has 1 fully saturated rings. The molecule has 0 bridgehead atoms. The van der Waals surface area contributed by atoms with Gasteiger partial charge in [0.15, 0.2) is 0 Å². The zero-order valence-electron chi connectivity index (χ0n) is 21.4. The molecule has 2 heterocycles. The standard InChI is InChI=1S/C30H35N3O2S/c1-4-33(5-2)30(35)26-13-9-23(10-14-26)28(22-7-11-25(12-8-22)29(31)34)24-16-18-32(19-17-24)20-27-15-6-21(3)36-27/h6-15H,4-5,16-20H2,1-3H3,(H2,31,34). The van der Waals surface area contributed by atoms with E-state index in [0.717, 1.165) is 43.6 Å². The van der Waals surface area contributed by atoms with E-state index in [1.165, 1.54) is 20.9 Å². The molecule has 1 aromatic heterocycles. The van der Waals surface area contributed by atoms with Crippen molar-refractivity contribution in [2.45, 2.75) is 40.2 Å². The highest BCUT2D eigenvalue weighted by Crippen LogP contribution is 2.33. The number of hydrogen-bond donors (Lipinski definition) is 1. The molecule has 188 valence electrons. The lowest BCUT2D eigenvalue weighted by Gasteiger charge is -2.30. The van der Waals surface area contributed by atoms with Crippen LogP contribution in [0.3, 0.4) is 0 Å². The fraction of sp³-hybridized carbons (Fsp3) is 0.333. The number of carbonyl (C=O) groups excluding carboxylic acids is 2. The average Bonchev–Trinajstić information content (AvgIpc) is 3.31. The molecule has 1 aliphatic heterocycles. The molecule has 2 amide bonds. The number of nitrogens with two attached hydrogens (primary N) is 1. The number of benzene rings is 2. The Bertz CT molecular complexity index is 1230. The third kappa shape index (κ3) is 5.94. The van der Waals surface area contributed by atoms with E-state index in [0.29, 0.717) is 24.2 Å². The minimum absolute atomic E-state index is 0.0590. The van der Waals surface area contributed by atoms with Crippen molar-refractivity contribution in [3.05, 3.63) is 98.2 Å². The van der Waals surface area contributed by atoms with Gasteiger partial charge in [-0.25, -0.2) is 0 Å². The van der Waals surface area contributed by atoms with Crippen molar-refractivity contribution in [2.75, 3.05) is 26.2 Å². The highest BCUT2D eigenvalue weighted by Gasteiger charge is 2.20. The minimum Gasteiger partial charge on any atom is -0.366 e. The van der Waals surface area contributed by atoms with Crippen molar-refractivity contribution in [1.29, 1.82) is 0 Å². The quantitative estimate of drug-likeness (QED) is 0.428. The molecule has 2 aromatic carbocycles. The molecule has 36 heavy (non-hydrogen) atoms. The largest absolute Gasteiger partial charge is 0.366 e. The van der Waals surface area contributed by atoms with Crippen molar-refractivity contribution in [3.63, 3.8) is 0 Å². The summed E-state index contributed by atoms with van der Waals surface area (Å²) in [5.41, 5.74) is 11.4. The van der Waals surface area contributed by atoms with E-state index in [4.69, 9.17) is 5.73 Å². The van der Waals surface area contributed by atoms with Gasteiger partial charge in [-0.2, -0.15) is 0 Å². The van der Waals surface area contributed by atoms with Gasteiger partial charge in [-0.15, -0.1) is 11.3 Å². The number of amides is 2. The van der Waals surface area contributed by atoms with Crippen molar-refractivity contribution in [1.82, 2.24) is 9.80 Å². The maximum absolute atomic E-state index is 12.8. The van der Waals surface area contributed by atoms with Crippen LogP contribution in [-0.2, 0) is 6.54 Å². The molecular weight excluding hydrogens is 466 g/mol. The molecule has 1 saturated heterocycles. The predicted octanol–water partition coefficient (Wildman–Crippen LogP) is 5.74. The van der Waals surface area contributed by atoms with Gasteiger partial charge < -0.3 is 10.6 Å². The highest BCUT2D eigenvalue weighted by molar-refractivity contribution is 7.11. The summed E-state index contributed by atoms with van der Waals surface area (Å²) in [7, 11) is 0. The fourth-order valence-corrected chi connectivity index (χ4v) is 5.80. The average molecular weight is 502 g/mol. The van der Waals surface area contributed by atoms with Gasteiger partial charge in [0.1, 0.15) is 0 Å². The molecule has 0 radical (unpaired) electrons. The topological polar surface area (TPSA) is 66.6 Å². The molecular formula is C30H35N3O2S. The van der Waals surface area contributed by atoms with Crippen LogP contribution in [0.25, 0.3) is 5.57 Å². The molecule has 0 saturated carbocycles. The van der Waals surface area contributed by atoms with E-state index < -0.39 is 5.91 Å². The van der Waals surface area contributed by atoms with Crippen LogP contribution < -0.4 is 5.73 Å². The van der Waals surface area contributed by atoms with E-state index in [1.807, 2.05) is 54.3 Å². The monoisotopic (exact) mass is 501 g/mol. The number of nitrogens with zero attached hydrogens (tertiary/aromatic N) is 2. The fourth-order valence-electron chi connectivity index (χ4n) is 4.87. The molecule has 6 heteroatoms. The van der Waals surface area contributed by atoms with Crippen molar-refractivity contribution < 1.29 is 9.59 Å². The number of carbonyl (C=O) groups is 2. The maximum Gasteiger partial charge on any atom is 0.253 e. The Kier molecular flexibility index (Phi) is 8.39. The predicted molar refractivity (Wildman–Crippen MR) is 148 cm³/mol. The van der Waals surface area contributed by atoms with Crippen molar-refractivity contribution in [3.8, 4) is 0 Å². The number of aryl methyl sites for hydroxylation is 1. The van der Waals surface area contributed by atoms with Gasteiger partial charge in [0, 0.05) is 53.6 Å². The lowest BCUT2D eigenvalue weighted by atomic mass is 9.87. The van der Waals surface area contributed by atoms with E-state index in [-0.39, 0.29) is 5.91 Å². The zero-order valence-corrected chi connectivity index (χ0v) is 22.2. The maximum atomic E-state index is 12.8. The number of hydrogen-bond acceptors (Lipinski definition) is 4. The molecule has 0 unspecified atom stereocenters. The van der Waals surface area contributed by atoms with E-state index in [2.05, 4.69) is 36.1 Å². The summed E-state index contributed by atoms with van der Waals surface area (Å²) < 4.78 is 0. The number of thiophene rings is 1. The first-order chi connectivity index (χ1) is 17.4. The van der Waals surface area contributed by atoms with Crippen molar-refractivity contribution in [2.24, 2.45) is 5.73 Å². The van der Waals surface area contributed by atoms with E-state index in [1.54, 1.807) is 12.1 Å². The second-order valence-corrected chi connectivity index (χ2v) is 10.6. The molecule has 3 aromatic rings. The molecule has 1 aliphatic rings. The van der Waals surface area contributed by atoms with Gasteiger partial charge >= 0.3 is 0 Å². The second kappa shape index (κ2) is 11.7. The molecule has 4 rings (SSSR count). The van der Waals surface area contributed by atoms with E-state index >= 15 is 0 Å². The van der Waals surface area contributed by atoms with Crippen LogP contribution in [0.2, 0.25) is 0 Å². The summed E-state index contributed by atoms with van der Waals surface area (Å²) in [6.07, 6.45) is 1.97.